The van der Waals surface area contributed by atoms with Crippen LogP contribution in [-0.2, 0) is 13.1 Å². The summed E-state index contributed by atoms with van der Waals surface area (Å²) in [4.78, 5) is 6.47. The Kier molecular flexibility index (Phi) is 2.41. The molecule has 0 unspecified atom stereocenters. The fraction of sp³-hybridized carbons (Fsp3) is 0.154. The largest absolute Gasteiger partial charge is 0.397 e. The van der Waals surface area contributed by atoms with Gasteiger partial charge < -0.3 is 10.6 Å². The van der Waals surface area contributed by atoms with Crippen LogP contribution in [0.15, 0.2) is 36.5 Å². The second-order valence-corrected chi connectivity index (χ2v) is 4.61. The first kappa shape index (κ1) is 10.4. The maximum absolute atomic E-state index is 6.17. The zero-order valence-corrected chi connectivity index (χ0v) is 9.98. The average molecular weight is 246 g/mol. The van der Waals surface area contributed by atoms with Gasteiger partial charge in [0.05, 0.1) is 16.9 Å². The summed E-state index contributed by atoms with van der Waals surface area (Å²) in [6, 6.07) is 10.1. The quantitative estimate of drug-likeness (QED) is 0.840. The molecule has 86 valence electrons. The zero-order valence-electron chi connectivity index (χ0n) is 9.23. The molecule has 1 aliphatic heterocycles. The molecule has 0 aliphatic carbocycles. The highest BCUT2D eigenvalue weighted by Gasteiger charge is 2.21. The number of hydrogen-bond donors (Lipinski definition) is 1. The number of aromatic nitrogens is 1. The first-order chi connectivity index (χ1) is 8.24. The number of nitrogens with two attached hydrogens (primary N) is 1. The summed E-state index contributed by atoms with van der Waals surface area (Å²) in [7, 11) is 0. The number of nitrogen functional groups attached to an aromatic ring is 1. The lowest BCUT2D eigenvalue weighted by Gasteiger charge is -2.17. The summed E-state index contributed by atoms with van der Waals surface area (Å²) in [5.74, 6) is 0.803. The van der Waals surface area contributed by atoms with Gasteiger partial charge in [-0.1, -0.05) is 35.9 Å². The number of nitrogens with zero attached hydrogens (tertiary/aromatic N) is 2. The van der Waals surface area contributed by atoms with Crippen LogP contribution in [-0.4, -0.2) is 4.98 Å². The van der Waals surface area contributed by atoms with Crippen LogP contribution in [0.4, 0.5) is 11.5 Å². The van der Waals surface area contributed by atoms with Crippen molar-refractivity contribution in [3.05, 3.63) is 52.7 Å². The van der Waals surface area contributed by atoms with Gasteiger partial charge in [-0.25, -0.2) is 4.98 Å². The van der Waals surface area contributed by atoms with E-state index < -0.39 is 0 Å². The van der Waals surface area contributed by atoms with Crippen LogP contribution >= 0.6 is 11.6 Å². The van der Waals surface area contributed by atoms with E-state index in [9.17, 15) is 0 Å². The fourth-order valence-electron chi connectivity index (χ4n) is 2.16. The average Bonchev–Trinajstić information content (AvgIpc) is 2.72. The van der Waals surface area contributed by atoms with Crippen LogP contribution in [0.25, 0.3) is 0 Å². The van der Waals surface area contributed by atoms with Gasteiger partial charge in [0.1, 0.15) is 5.82 Å². The molecule has 0 radical (unpaired) electrons. The predicted octanol–water partition coefficient (Wildman–Crippen LogP) is 2.84. The summed E-state index contributed by atoms with van der Waals surface area (Å²) >= 11 is 6.17. The third-order valence-corrected chi connectivity index (χ3v) is 3.26. The molecule has 0 bridgehead atoms. The molecule has 4 heteroatoms. The minimum Gasteiger partial charge on any atom is -0.397 e. The Labute approximate surface area is 105 Å². The molecule has 1 aromatic heterocycles. The van der Waals surface area contributed by atoms with Crippen molar-refractivity contribution in [3.8, 4) is 0 Å². The molecular weight excluding hydrogens is 234 g/mol. The van der Waals surface area contributed by atoms with Gasteiger partial charge in [-0.2, -0.15) is 0 Å². The van der Waals surface area contributed by atoms with Crippen molar-refractivity contribution >= 4 is 23.1 Å². The Morgan fingerprint density at radius 3 is 2.41 bits per heavy atom. The van der Waals surface area contributed by atoms with Gasteiger partial charge in [0, 0.05) is 13.1 Å². The molecule has 1 aliphatic rings. The number of pyridine rings is 1. The van der Waals surface area contributed by atoms with Gasteiger partial charge in [-0.3, -0.25) is 0 Å². The summed E-state index contributed by atoms with van der Waals surface area (Å²) in [6.45, 7) is 1.71. The Hall–Kier alpha value is -1.74. The molecule has 2 heterocycles. The van der Waals surface area contributed by atoms with Crippen molar-refractivity contribution in [2.24, 2.45) is 0 Å². The second-order valence-electron chi connectivity index (χ2n) is 4.20. The van der Waals surface area contributed by atoms with Gasteiger partial charge in [-0.15, -0.1) is 0 Å². The number of halogens is 1. The number of hydrogen-bond acceptors (Lipinski definition) is 3. The normalized spacial score (nSPS) is 13.8. The van der Waals surface area contributed by atoms with E-state index in [0.29, 0.717) is 10.7 Å². The van der Waals surface area contributed by atoms with Gasteiger partial charge in [0.2, 0.25) is 0 Å². The highest BCUT2D eigenvalue weighted by Crippen LogP contribution is 2.32. The second kappa shape index (κ2) is 3.93. The third-order valence-electron chi connectivity index (χ3n) is 2.98. The molecule has 2 N–H and O–H groups in total. The van der Waals surface area contributed by atoms with Crippen molar-refractivity contribution in [1.82, 2.24) is 4.98 Å². The maximum atomic E-state index is 6.17. The lowest BCUT2D eigenvalue weighted by atomic mass is 10.1. The predicted molar refractivity (Wildman–Crippen MR) is 70.0 cm³/mol. The van der Waals surface area contributed by atoms with Crippen molar-refractivity contribution < 1.29 is 0 Å². The third kappa shape index (κ3) is 1.83. The summed E-state index contributed by atoms with van der Waals surface area (Å²) in [5.41, 5.74) is 8.91. The van der Waals surface area contributed by atoms with Crippen molar-refractivity contribution in [3.63, 3.8) is 0 Å². The van der Waals surface area contributed by atoms with E-state index in [1.54, 1.807) is 12.3 Å². The Morgan fingerprint density at radius 1 is 1.18 bits per heavy atom. The Bertz CT molecular complexity index is 543. The van der Waals surface area contributed by atoms with Crippen LogP contribution in [0.3, 0.4) is 0 Å². The minimum absolute atomic E-state index is 0.593. The van der Waals surface area contributed by atoms with Gasteiger partial charge in [0.15, 0.2) is 0 Å². The van der Waals surface area contributed by atoms with Crippen LogP contribution < -0.4 is 10.6 Å². The Morgan fingerprint density at radius 2 is 1.82 bits per heavy atom. The number of anilines is 2. The van der Waals surface area contributed by atoms with Crippen LogP contribution in [0.2, 0.25) is 5.02 Å². The van der Waals surface area contributed by atoms with E-state index in [4.69, 9.17) is 17.3 Å². The fourth-order valence-corrected chi connectivity index (χ4v) is 2.46. The summed E-state index contributed by atoms with van der Waals surface area (Å²) in [5, 5.41) is 0.609. The molecule has 0 saturated heterocycles. The SMILES string of the molecule is Nc1cnc(N2Cc3ccccc3C2)c(Cl)c1. The van der Waals surface area contributed by atoms with Gasteiger partial charge in [-0.05, 0) is 17.2 Å². The minimum atomic E-state index is 0.593. The van der Waals surface area contributed by atoms with Crippen molar-refractivity contribution in [2.75, 3.05) is 10.6 Å². The molecule has 0 fully saturated rings. The highest BCUT2D eigenvalue weighted by atomic mass is 35.5. The standard InChI is InChI=1S/C13H12ClN3/c14-12-5-11(15)6-16-13(12)17-7-9-3-1-2-4-10(9)8-17/h1-6H,7-8,15H2. The molecule has 3 nitrogen and oxygen atoms in total. The molecule has 0 spiro atoms. The maximum Gasteiger partial charge on any atom is 0.148 e. The number of rotatable bonds is 1. The summed E-state index contributed by atoms with van der Waals surface area (Å²) < 4.78 is 0. The lowest BCUT2D eigenvalue weighted by Crippen LogP contribution is -2.16. The van der Waals surface area contributed by atoms with Gasteiger partial charge in [0.25, 0.3) is 0 Å². The molecule has 17 heavy (non-hydrogen) atoms. The Balaban J connectivity index is 1.94. The van der Waals surface area contributed by atoms with Crippen LogP contribution in [0.1, 0.15) is 11.1 Å². The lowest BCUT2D eigenvalue weighted by molar-refractivity contribution is 0.857. The first-order valence-corrected chi connectivity index (χ1v) is 5.84. The molecule has 0 saturated carbocycles. The molecule has 1 aromatic carbocycles. The first-order valence-electron chi connectivity index (χ1n) is 5.47. The number of benzene rings is 1. The van der Waals surface area contributed by atoms with E-state index in [2.05, 4.69) is 34.1 Å². The zero-order chi connectivity index (χ0) is 11.8. The van der Waals surface area contributed by atoms with E-state index in [-0.39, 0.29) is 0 Å². The van der Waals surface area contributed by atoms with Crippen LogP contribution in [0.5, 0.6) is 0 Å². The smallest absolute Gasteiger partial charge is 0.148 e. The van der Waals surface area contributed by atoms with Gasteiger partial charge >= 0.3 is 0 Å². The summed E-state index contributed by atoms with van der Waals surface area (Å²) in [6.07, 6.45) is 1.64. The number of fused-ring (bicyclic) bond motifs is 1. The highest BCUT2D eigenvalue weighted by molar-refractivity contribution is 6.33. The van der Waals surface area contributed by atoms with Crippen molar-refractivity contribution in [2.45, 2.75) is 13.1 Å². The van der Waals surface area contributed by atoms with E-state index in [0.717, 1.165) is 18.9 Å². The molecule has 0 amide bonds. The molecular formula is C13H12ClN3. The van der Waals surface area contributed by atoms with E-state index in [1.165, 1.54) is 11.1 Å². The van der Waals surface area contributed by atoms with E-state index >= 15 is 0 Å². The molecule has 0 atom stereocenters. The van der Waals surface area contributed by atoms with Crippen LogP contribution in [0, 0.1) is 0 Å². The van der Waals surface area contributed by atoms with E-state index in [1.807, 2.05) is 0 Å². The molecule has 2 aromatic rings. The topological polar surface area (TPSA) is 42.1 Å². The molecule has 3 rings (SSSR count). The monoisotopic (exact) mass is 245 g/mol. The van der Waals surface area contributed by atoms with Crippen molar-refractivity contribution in [1.29, 1.82) is 0 Å².